The van der Waals surface area contributed by atoms with Crippen molar-refractivity contribution in [2.75, 3.05) is 0 Å². The van der Waals surface area contributed by atoms with E-state index in [0.717, 1.165) is 11.8 Å². The molecule has 112 valence electrons. The first-order chi connectivity index (χ1) is 10.1. The molecule has 0 aliphatic heterocycles. The van der Waals surface area contributed by atoms with E-state index in [9.17, 15) is 0 Å². The van der Waals surface area contributed by atoms with Crippen LogP contribution in [0.15, 0.2) is 42.5 Å². The highest BCUT2D eigenvalue weighted by atomic mass is 15.0. The molecule has 4 atom stereocenters. The molecular weight excluding hydrogens is 254 g/mol. The molecule has 21 heavy (non-hydrogen) atoms. The van der Waals surface area contributed by atoms with Gasteiger partial charge in [0.2, 0.25) is 0 Å². The molecule has 3 rings (SSSR count). The van der Waals surface area contributed by atoms with Crippen molar-refractivity contribution in [1.29, 1.82) is 0 Å². The normalized spacial score (nSPS) is 27.7. The maximum absolute atomic E-state index is 3.90. The molecule has 0 amide bonds. The van der Waals surface area contributed by atoms with E-state index in [1.54, 1.807) is 0 Å². The van der Waals surface area contributed by atoms with Crippen LogP contribution in [0.1, 0.15) is 51.6 Å². The Hall–Kier alpha value is -1.34. The zero-order valence-corrected chi connectivity index (χ0v) is 13.5. The van der Waals surface area contributed by atoms with Crippen molar-refractivity contribution in [3.8, 4) is 0 Å². The molecular formula is C20H27N. The van der Waals surface area contributed by atoms with Crippen molar-refractivity contribution in [2.45, 2.75) is 52.1 Å². The first-order valence-corrected chi connectivity index (χ1v) is 8.39. The Morgan fingerprint density at radius 1 is 1.00 bits per heavy atom. The molecule has 0 bridgehead atoms. The molecule has 1 heteroatoms. The minimum absolute atomic E-state index is 0.414. The summed E-state index contributed by atoms with van der Waals surface area (Å²) >= 11 is 0. The second-order valence-corrected chi connectivity index (χ2v) is 6.96. The molecule has 4 unspecified atom stereocenters. The highest BCUT2D eigenvalue weighted by Crippen LogP contribution is 2.31. The molecule has 1 N–H and O–H groups in total. The van der Waals surface area contributed by atoms with E-state index in [1.165, 1.54) is 35.6 Å². The van der Waals surface area contributed by atoms with Gasteiger partial charge in [0.1, 0.15) is 0 Å². The first-order valence-electron chi connectivity index (χ1n) is 8.39. The summed E-state index contributed by atoms with van der Waals surface area (Å²) in [5.74, 6) is 1.68. The largest absolute Gasteiger partial charge is 0.307 e. The molecule has 0 heterocycles. The number of rotatable bonds is 3. The van der Waals surface area contributed by atoms with Crippen LogP contribution in [0.3, 0.4) is 0 Å². The van der Waals surface area contributed by atoms with Crippen LogP contribution in [-0.2, 0) is 0 Å². The lowest BCUT2D eigenvalue weighted by Crippen LogP contribution is -2.40. The summed E-state index contributed by atoms with van der Waals surface area (Å²) in [6.07, 6.45) is 4.04. The average molecular weight is 281 g/mol. The second kappa shape index (κ2) is 6.19. The molecule has 1 saturated carbocycles. The maximum atomic E-state index is 3.90. The SMILES string of the molecule is CC1CCC(NC(C)c2cccc3ccccc23)C(C)C1. The minimum Gasteiger partial charge on any atom is -0.307 e. The van der Waals surface area contributed by atoms with Gasteiger partial charge in [0, 0.05) is 12.1 Å². The van der Waals surface area contributed by atoms with Crippen LogP contribution in [0.25, 0.3) is 10.8 Å². The highest BCUT2D eigenvalue weighted by molar-refractivity contribution is 5.86. The van der Waals surface area contributed by atoms with Gasteiger partial charge in [-0.05, 0) is 54.4 Å². The van der Waals surface area contributed by atoms with E-state index in [4.69, 9.17) is 0 Å². The summed E-state index contributed by atoms with van der Waals surface area (Å²) in [5.41, 5.74) is 1.43. The highest BCUT2D eigenvalue weighted by Gasteiger charge is 2.26. The van der Waals surface area contributed by atoms with Gasteiger partial charge in [0.25, 0.3) is 0 Å². The van der Waals surface area contributed by atoms with Crippen LogP contribution < -0.4 is 5.32 Å². The van der Waals surface area contributed by atoms with Crippen molar-refractivity contribution in [3.05, 3.63) is 48.0 Å². The number of benzene rings is 2. The predicted molar refractivity (Wildman–Crippen MR) is 91.5 cm³/mol. The Morgan fingerprint density at radius 3 is 2.57 bits per heavy atom. The zero-order chi connectivity index (χ0) is 14.8. The van der Waals surface area contributed by atoms with E-state index < -0.39 is 0 Å². The van der Waals surface area contributed by atoms with Crippen LogP contribution in [0.4, 0.5) is 0 Å². The zero-order valence-electron chi connectivity index (χ0n) is 13.5. The van der Waals surface area contributed by atoms with Gasteiger partial charge in [-0.2, -0.15) is 0 Å². The standard InChI is InChI=1S/C20H27N/c1-14-11-12-20(15(2)13-14)21-16(3)18-10-6-8-17-7-4-5-9-19(17)18/h4-10,14-16,20-21H,11-13H2,1-3H3. The molecule has 1 fully saturated rings. The van der Waals surface area contributed by atoms with Gasteiger partial charge in [-0.25, -0.2) is 0 Å². The van der Waals surface area contributed by atoms with Gasteiger partial charge in [-0.15, -0.1) is 0 Å². The Kier molecular flexibility index (Phi) is 4.30. The molecule has 0 aromatic heterocycles. The van der Waals surface area contributed by atoms with Crippen LogP contribution in [-0.4, -0.2) is 6.04 Å². The van der Waals surface area contributed by atoms with Crippen LogP contribution in [0.5, 0.6) is 0 Å². The average Bonchev–Trinajstić information content (AvgIpc) is 2.49. The molecule has 1 aliphatic carbocycles. The molecule has 0 spiro atoms. The lowest BCUT2D eigenvalue weighted by Gasteiger charge is -2.35. The minimum atomic E-state index is 0.414. The summed E-state index contributed by atoms with van der Waals surface area (Å²) in [6.45, 7) is 7.11. The van der Waals surface area contributed by atoms with E-state index in [0.29, 0.717) is 12.1 Å². The summed E-state index contributed by atoms with van der Waals surface area (Å²) in [4.78, 5) is 0. The van der Waals surface area contributed by atoms with E-state index >= 15 is 0 Å². The third-order valence-electron chi connectivity index (χ3n) is 5.19. The smallest absolute Gasteiger partial charge is 0.0300 e. The summed E-state index contributed by atoms with van der Waals surface area (Å²) < 4.78 is 0. The van der Waals surface area contributed by atoms with Gasteiger partial charge in [0.15, 0.2) is 0 Å². The topological polar surface area (TPSA) is 12.0 Å². The summed E-state index contributed by atoms with van der Waals surface area (Å²) in [7, 11) is 0. The summed E-state index contributed by atoms with van der Waals surface area (Å²) in [5, 5.41) is 6.63. The fraction of sp³-hybridized carbons (Fsp3) is 0.500. The molecule has 0 radical (unpaired) electrons. The molecule has 2 aromatic rings. The van der Waals surface area contributed by atoms with Gasteiger partial charge < -0.3 is 5.32 Å². The second-order valence-electron chi connectivity index (χ2n) is 6.96. The third-order valence-corrected chi connectivity index (χ3v) is 5.19. The Bertz CT molecular complexity index is 598. The monoisotopic (exact) mass is 281 g/mol. The van der Waals surface area contributed by atoms with Gasteiger partial charge in [-0.1, -0.05) is 56.3 Å². The van der Waals surface area contributed by atoms with Gasteiger partial charge in [0.05, 0.1) is 0 Å². The fourth-order valence-electron chi connectivity index (χ4n) is 3.95. The number of fused-ring (bicyclic) bond motifs is 1. The van der Waals surface area contributed by atoms with E-state index in [2.05, 4.69) is 68.6 Å². The van der Waals surface area contributed by atoms with Crippen molar-refractivity contribution >= 4 is 10.8 Å². The fourth-order valence-corrected chi connectivity index (χ4v) is 3.95. The lowest BCUT2D eigenvalue weighted by atomic mass is 9.79. The third kappa shape index (κ3) is 3.13. The number of hydrogen-bond acceptors (Lipinski definition) is 1. The molecule has 1 aliphatic rings. The van der Waals surface area contributed by atoms with Crippen molar-refractivity contribution in [1.82, 2.24) is 5.32 Å². The predicted octanol–water partition coefficient (Wildman–Crippen LogP) is 5.32. The molecule has 0 saturated heterocycles. The Labute approximate surface area is 128 Å². The molecule has 1 nitrogen and oxygen atoms in total. The van der Waals surface area contributed by atoms with Crippen LogP contribution in [0.2, 0.25) is 0 Å². The van der Waals surface area contributed by atoms with Crippen molar-refractivity contribution in [3.63, 3.8) is 0 Å². The Balaban J connectivity index is 1.79. The quantitative estimate of drug-likeness (QED) is 0.803. The Morgan fingerprint density at radius 2 is 1.76 bits per heavy atom. The first kappa shape index (κ1) is 14.6. The van der Waals surface area contributed by atoms with Gasteiger partial charge >= 0.3 is 0 Å². The van der Waals surface area contributed by atoms with E-state index in [1.807, 2.05) is 0 Å². The number of hydrogen-bond donors (Lipinski definition) is 1. The lowest BCUT2D eigenvalue weighted by molar-refractivity contribution is 0.217. The van der Waals surface area contributed by atoms with Crippen molar-refractivity contribution < 1.29 is 0 Å². The maximum Gasteiger partial charge on any atom is 0.0300 e. The van der Waals surface area contributed by atoms with Crippen molar-refractivity contribution in [2.24, 2.45) is 11.8 Å². The van der Waals surface area contributed by atoms with Crippen LogP contribution >= 0.6 is 0 Å². The van der Waals surface area contributed by atoms with Crippen LogP contribution in [0, 0.1) is 11.8 Å². The van der Waals surface area contributed by atoms with Gasteiger partial charge in [-0.3, -0.25) is 0 Å². The molecule has 2 aromatic carbocycles. The van der Waals surface area contributed by atoms with E-state index in [-0.39, 0.29) is 0 Å². The number of nitrogens with one attached hydrogen (secondary N) is 1. The summed E-state index contributed by atoms with van der Waals surface area (Å²) in [6, 6.07) is 16.4.